The summed E-state index contributed by atoms with van der Waals surface area (Å²) in [4.78, 5) is 44.1. The Hall–Kier alpha value is -4.23. The van der Waals surface area contributed by atoms with Crippen LogP contribution in [0, 0.1) is 0 Å². The number of unbranched alkanes of at least 4 members (excludes halogenated alkanes) is 3. The first-order valence-corrected chi connectivity index (χ1v) is 17.4. The molecule has 2 aromatic carbocycles. The van der Waals surface area contributed by atoms with Crippen LogP contribution in [0.25, 0.3) is 33.4 Å². The van der Waals surface area contributed by atoms with Gasteiger partial charge in [-0.05, 0) is 49.6 Å². The second-order valence-corrected chi connectivity index (χ2v) is 13.6. The summed E-state index contributed by atoms with van der Waals surface area (Å²) in [5, 5.41) is 14.8. The third kappa shape index (κ3) is 8.91. The average molecular weight is 736 g/mol. The zero-order valence-corrected chi connectivity index (χ0v) is 30.5. The van der Waals surface area contributed by atoms with Crippen molar-refractivity contribution >= 4 is 60.5 Å². The third-order valence-electron chi connectivity index (χ3n) is 7.52. The molecule has 2 amide bonds. The van der Waals surface area contributed by atoms with E-state index in [1.807, 2.05) is 0 Å². The molecule has 0 unspecified atom stereocenters. The van der Waals surface area contributed by atoms with Crippen LogP contribution in [-0.4, -0.2) is 66.1 Å². The van der Waals surface area contributed by atoms with Gasteiger partial charge in [-0.15, -0.1) is 0 Å². The van der Waals surface area contributed by atoms with Gasteiger partial charge >= 0.3 is 35.5 Å². The first kappa shape index (κ1) is 40.2. The van der Waals surface area contributed by atoms with Gasteiger partial charge in [-0.25, -0.2) is 21.6 Å². The molecular formula is C32H30N3NaO12S2. The number of aromatic carboxylic acids is 1. The van der Waals surface area contributed by atoms with E-state index < -0.39 is 58.4 Å². The smallest absolute Gasteiger partial charge is 0.744 e. The normalized spacial score (nSPS) is 12.9. The zero-order chi connectivity index (χ0) is 36.3. The van der Waals surface area contributed by atoms with Crippen molar-refractivity contribution in [2.24, 2.45) is 0 Å². The number of carbonyl (C=O) groups excluding carboxylic acids is 3. The van der Waals surface area contributed by atoms with E-state index in [-0.39, 0.29) is 74.8 Å². The Balaban J connectivity index is 0.000000336. The number of nitrogens with zero attached hydrogens (tertiary/aromatic N) is 1. The Kier molecular flexibility index (Phi) is 13.0. The van der Waals surface area contributed by atoms with Gasteiger partial charge in [0, 0.05) is 47.7 Å². The van der Waals surface area contributed by atoms with E-state index in [0.717, 1.165) is 37.8 Å². The molecule has 0 radical (unpaired) electrons. The van der Waals surface area contributed by atoms with Gasteiger partial charge < -0.3 is 29.2 Å². The van der Waals surface area contributed by atoms with Crippen molar-refractivity contribution in [3.8, 4) is 22.5 Å². The van der Waals surface area contributed by atoms with Crippen molar-refractivity contribution in [3.63, 3.8) is 0 Å². The number of nitrogens with two attached hydrogens (primary N) is 2. The average Bonchev–Trinajstić information content (AvgIpc) is 3.32. The molecule has 0 saturated carbocycles. The number of rotatable bonds is 11. The van der Waals surface area contributed by atoms with Gasteiger partial charge in [0.15, 0.2) is 16.2 Å². The number of fused-ring (bicyclic) bond motifs is 2. The number of hydrogen-bond donors (Lipinski definition) is 3. The van der Waals surface area contributed by atoms with Gasteiger partial charge in [0.1, 0.15) is 30.9 Å². The van der Waals surface area contributed by atoms with Crippen LogP contribution in [0.2, 0.25) is 0 Å². The Bertz CT molecular complexity index is 2270. The molecule has 18 heteroatoms. The number of carboxylic acids is 1. The van der Waals surface area contributed by atoms with Gasteiger partial charge in [-0.1, -0.05) is 31.0 Å². The number of Topliss-reactive ketones (excluding diaryl/α,β-unsaturated/α-hetero) is 1. The molecule has 2 heterocycles. The molecular weight excluding hydrogens is 705 g/mol. The van der Waals surface area contributed by atoms with Crippen molar-refractivity contribution in [1.82, 2.24) is 4.90 Å². The number of nitrogen functional groups attached to an aromatic ring is 1. The minimum atomic E-state index is -5.26. The van der Waals surface area contributed by atoms with E-state index in [4.69, 9.17) is 15.6 Å². The fourth-order valence-corrected chi connectivity index (χ4v) is 6.81. The van der Waals surface area contributed by atoms with Gasteiger partial charge in [0.25, 0.3) is 11.8 Å². The summed E-state index contributed by atoms with van der Waals surface area (Å²) in [5.41, 5.74) is 4.31. The molecule has 0 saturated heterocycles. The van der Waals surface area contributed by atoms with Crippen LogP contribution in [0.1, 0.15) is 49.4 Å². The van der Waals surface area contributed by atoms with Crippen molar-refractivity contribution in [2.75, 3.05) is 12.3 Å². The van der Waals surface area contributed by atoms with E-state index in [1.165, 1.54) is 53.5 Å². The molecule has 0 fully saturated rings. The van der Waals surface area contributed by atoms with Crippen LogP contribution in [0.4, 0.5) is 5.69 Å². The number of hydrogen-bond acceptors (Lipinski definition) is 12. The molecule has 0 atom stereocenters. The number of ketones is 1. The van der Waals surface area contributed by atoms with E-state index in [2.05, 4.69) is 0 Å². The maximum absolute atomic E-state index is 12.0. The quantitative estimate of drug-likeness (QED) is 0.0392. The summed E-state index contributed by atoms with van der Waals surface area (Å²) >= 11 is 0. The molecule has 5 rings (SSSR count). The molecule has 15 nitrogen and oxygen atoms in total. The monoisotopic (exact) mass is 735 g/mol. The number of imide groups is 1. The molecule has 2 aromatic rings. The van der Waals surface area contributed by atoms with Crippen molar-refractivity contribution < 1.29 is 89.6 Å². The van der Waals surface area contributed by atoms with Crippen LogP contribution in [-0.2, 0) is 34.6 Å². The van der Waals surface area contributed by atoms with Crippen LogP contribution in [0.5, 0.6) is 0 Å². The van der Waals surface area contributed by atoms with Gasteiger partial charge in [-0.2, -0.15) is 0 Å². The fraction of sp³-hybridized carbons (Fsp3) is 0.219. The number of anilines is 1. The van der Waals surface area contributed by atoms with Crippen molar-refractivity contribution in [2.45, 2.75) is 48.8 Å². The second kappa shape index (κ2) is 16.2. The van der Waals surface area contributed by atoms with E-state index in [9.17, 15) is 50.2 Å². The van der Waals surface area contributed by atoms with Crippen LogP contribution < -0.4 is 46.1 Å². The van der Waals surface area contributed by atoms with E-state index in [1.54, 1.807) is 6.92 Å². The SMILES string of the molecule is CC(=O)CCCCCCN1C(=O)C=CC1=O.Nc1ccc2c(-c3ccccc3C(=O)O)c3ccc(=[NH2+])c(S(=O)(=O)[O-])c-3oc2c1S(=O)(=O)[O-].[Na+]. The second-order valence-electron chi connectivity index (χ2n) is 11.0. The Morgan fingerprint density at radius 1 is 0.860 bits per heavy atom. The van der Waals surface area contributed by atoms with Crippen molar-refractivity contribution in [1.29, 1.82) is 0 Å². The topological polar surface area (TPSA) is 271 Å². The van der Waals surface area contributed by atoms with E-state index in [0.29, 0.717) is 13.0 Å². The maximum atomic E-state index is 12.0. The summed E-state index contributed by atoms with van der Waals surface area (Å²) in [6.07, 6.45) is 6.87. The predicted molar refractivity (Wildman–Crippen MR) is 170 cm³/mol. The fourth-order valence-electron chi connectivity index (χ4n) is 5.34. The van der Waals surface area contributed by atoms with Crippen LogP contribution in [0.3, 0.4) is 0 Å². The summed E-state index contributed by atoms with van der Waals surface area (Å²) in [5.74, 6) is -2.20. The number of carboxylic acid groups (broad SMARTS) is 1. The van der Waals surface area contributed by atoms with Gasteiger partial charge in [0.2, 0.25) is 5.36 Å². The Morgan fingerprint density at radius 3 is 2.04 bits per heavy atom. The van der Waals surface area contributed by atoms with Crippen LogP contribution in [0.15, 0.2) is 74.9 Å². The summed E-state index contributed by atoms with van der Waals surface area (Å²) in [7, 11) is -10.5. The number of benzene rings is 3. The standard InChI is InChI=1S/C20H14N2O9S2.C12H17NO3.Na/c21-13-7-5-11-15(9-3-1-2-4-10(9)20(23)24)12-6-8-14(22)19(33(28,29)30)17(12)31-16(11)18(13)32(25,26)27;1-10(14)6-4-2-3-5-9-13-11(15)7-8-12(13)16;/h1-8,21H,22H2,(H,23,24)(H,25,26,27)(H,28,29,30);7-8H,2-6,9H2,1H3;/q;;+1/p-1. The molecule has 0 aromatic heterocycles. The maximum Gasteiger partial charge on any atom is 1.00 e. The van der Waals surface area contributed by atoms with Gasteiger partial charge in [-0.3, -0.25) is 19.9 Å². The molecule has 2 aliphatic heterocycles. The molecule has 0 bridgehead atoms. The molecule has 5 N–H and O–H groups in total. The predicted octanol–water partition coefficient (Wildman–Crippen LogP) is -1.59. The molecule has 3 aliphatic rings. The first-order chi connectivity index (χ1) is 22.9. The first-order valence-electron chi connectivity index (χ1n) is 14.6. The molecule has 50 heavy (non-hydrogen) atoms. The van der Waals surface area contributed by atoms with Gasteiger partial charge in [0.05, 0.1) is 11.3 Å². The number of amides is 2. The minimum Gasteiger partial charge on any atom is -0.744 e. The Labute approximate surface area is 308 Å². The third-order valence-corrected chi connectivity index (χ3v) is 9.36. The number of carbonyl (C=O) groups is 4. The summed E-state index contributed by atoms with van der Waals surface area (Å²) < 4.78 is 77.4. The molecule has 0 spiro atoms. The van der Waals surface area contributed by atoms with E-state index >= 15 is 0 Å². The summed E-state index contributed by atoms with van der Waals surface area (Å²) in [6.45, 7) is 2.08. The minimum absolute atomic E-state index is 0. The molecule has 1 aliphatic carbocycles. The Morgan fingerprint density at radius 2 is 1.46 bits per heavy atom. The largest absolute Gasteiger partial charge is 1.00 e. The zero-order valence-electron chi connectivity index (χ0n) is 26.9. The molecule has 258 valence electrons. The van der Waals surface area contributed by atoms with Crippen LogP contribution >= 0.6 is 0 Å². The van der Waals surface area contributed by atoms with Crippen molar-refractivity contribution in [3.05, 3.63) is 71.6 Å². The summed E-state index contributed by atoms with van der Waals surface area (Å²) in [6, 6.07) is 10.4.